The molecule has 4 aliphatic carbocycles. The lowest BCUT2D eigenvalue weighted by atomic mass is 9.45. The fourth-order valence-electron chi connectivity index (χ4n) is 10.6. The van der Waals surface area contributed by atoms with Gasteiger partial charge in [-0.05, 0) is 79.6 Å². The molecule has 3 saturated carbocycles. The molecule has 1 saturated heterocycles. The number of fused-ring (bicyclic) bond motifs is 5. The van der Waals surface area contributed by atoms with Gasteiger partial charge in [-0.2, -0.15) is 0 Å². The van der Waals surface area contributed by atoms with E-state index in [1.165, 1.54) is 0 Å². The zero-order valence-electron chi connectivity index (χ0n) is 26.8. The Kier molecular flexibility index (Phi) is 9.11. The van der Waals surface area contributed by atoms with Gasteiger partial charge in [0.15, 0.2) is 6.29 Å². The maximum atomic E-state index is 12.6. The fraction of sp³-hybridized carbons (Fsp3) is 0.853. The van der Waals surface area contributed by atoms with E-state index in [1.807, 2.05) is 6.08 Å². The SMILES string of the molecule is CC1=C(CO)C[C@H]([C@@H](C)[C@H]2CC[C@H]3[C@@H]4[C@H](O)C=C5C[C@@H](O[C@@H]6O[C@H](CO)[C@@H](O)[C@H](O)[C@H]6O)C[C@H](O)[C@]5(C)[C@H]4CC[C@]23C)OC1=O. The summed E-state index contributed by atoms with van der Waals surface area (Å²) in [6.45, 7) is 7.60. The molecule has 0 bridgehead atoms. The summed E-state index contributed by atoms with van der Waals surface area (Å²) in [5.41, 5.74) is 1.54. The van der Waals surface area contributed by atoms with Crippen LogP contribution in [0, 0.1) is 40.4 Å². The lowest BCUT2D eigenvalue weighted by Gasteiger charge is -2.61. The Bertz CT molecular complexity index is 1200. The smallest absolute Gasteiger partial charge is 0.334 e. The zero-order chi connectivity index (χ0) is 32.6. The molecule has 0 unspecified atom stereocenters. The predicted octanol–water partition coefficient (Wildman–Crippen LogP) is 0.953. The van der Waals surface area contributed by atoms with E-state index in [0.717, 1.165) is 36.8 Å². The molecule has 4 fully saturated rings. The second-order valence-electron chi connectivity index (χ2n) is 15.3. The van der Waals surface area contributed by atoms with Crippen LogP contribution in [-0.4, -0.2) is 110 Å². The lowest BCUT2D eigenvalue weighted by Crippen LogP contribution is -2.61. The summed E-state index contributed by atoms with van der Waals surface area (Å²) in [5.74, 6) is 0.297. The van der Waals surface area contributed by atoms with Crippen molar-refractivity contribution in [3.05, 3.63) is 22.8 Å². The van der Waals surface area contributed by atoms with E-state index in [2.05, 4.69) is 20.8 Å². The third kappa shape index (κ3) is 5.25. The Balaban J connectivity index is 1.20. The van der Waals surface area contributed by atoms with Gasteiger partial charge in [0, 0.05) is 23.8 Å². The number of carbonyl (C=O) groups is 1. The van der Waals surface area contributed by atoms with Crippen LogP contribution in [0.5, 0.6) is 0 Å². The summed E-state index contributed by atoms with van der Waals surface area (Å²) in [7, 11) is 0. The van der Waals surface area contributed by atoms with Crippen LogP contribution in [0.3, 0.4) is 0 Å². The molecule has 0 aromatic rings. The van der Waals surface area contributed by atoms with E-state index in [4.69, 9.17) is 14.2 Å². The number of cyclic esters (lactones) is 1. The Labute approximate surface area is 264 Å². The number of carbonyl (C=O) groups excluding carboxylic acids is 1. The van der Waals surface area contributed by atoms with E-state index in [0.29, 0.717) is 18.4 Å². The van der Waals surface area contributed by atoms with Gasteiger partial charge < -0.3 is 50.0 Å². The second-order valence-corrected chi connectivity index (χ2v) is 15.3. The van der Waals surface area contributed by atoms with Gasteiger partial charge in [-0.3, -0.25) is 0 Å². The van der Waals surface area contributed by atoms with Crippen molar-refractivity contribution >= 4 is 5.97 Å². The summed E-state index contributed by atoms with van der Waals surface area (Å²) < 4.78 is 17.5. The Hall–Kier alpha value is -1.41. The third-order valence-electron chi connectivity index (χ3n) is 13.4. The molecule has 0 radical (unpaired) electrons. The first kappa shape index (κ1) is 33.5. The number of aliphatic hydroxyl groups is 7. The largest absolute Gasteiger partial charge is 0.458 e. The predicted molar refractivity (Wildman–Crippen MR) is 160 cm³/mol. The van der Waals surface area contributed by atoms with Crippen LogP contribution in [0.2, 0.25) is 0 Å². The van der Waals surface area contributed by atoms with Crippen molar-refractivity contribution in [3.63, 3.8) is 0 Å². The molecule has 6 rings (SSSR count). The van der Waals surface area contributed by atoms with Crippen LogP contribution >= 0.6 is 0 Å². The van der Waals surface area contributed by atoms with Crippen LogP contribution < -0.4 is 0 Å². The minimum atomic E-state index is -1.55. The number of hydrogen-bond donors (Lipinski definition) is 7. The molecule has 11 nitrogen and oxygen atoms in total. The molecule has 2 heterocycles. The highest BCUT2D eigenvalue weighted by molar-refractivity contribution is 5.89. The van der Waals surface area contributed by atoms with Crippen LogP contribution in [0.1, 0.15) is 72.6 Å². The zero-order valence-corrected chi connectivity index (χ0v) is 26.8. The van der Waals surface area contributed by atoms with Crippen LogP contribution in [0.4, 0.5) is 0 Å². The highest BCUT2D eigenvalue weighted by Crippen LogP contribution is 2.67. The monoisotopic (exact) mass is 636 g/mol. The van der Waals surface area contributed by atoms with E-state index in [-0.39, 0.29) is 60.1 Å². The quantitative estimate of drug-likeness (QED) is 0.163. The normalized spacial score (nSPS) is 50.7. The van der Waals surface area contributed by atoms with Gasteiger partial charge in [-0.25, -0.2) is 4.79 Å². The fourth-order valence-corrected chi connectivity index (χ4v) is 10.6. The first-order chi connectivity index (χ1) is 21.3. The molecule has 6 aliphatic rings. The summed E-state index contributed by atoms with van der Waals surface area (Å²) in [5, 5.41) is 73.7. The summed E-state index contributed by atoms with van der Waals surface area (Å²) in [6.07, 6.45) is -2.42. The summed E-state index contributed by atoms with van der Waals surface area (Å²) in [6, 6.07) is 0. The van der Waals surface area contributed by atoms with Crippen molar-refractivity contribution in [2.24, 2.45) is 40.4 Å². The van der Waals surface area contributed by atoms with E-state index >= 15 is 0 Å². The minimum absolute atomic E-state index is 0.0312. The van der Waals surface area contributed by atoms with E-state index < -0.39 is 61.0 Å². The van der Waals surface area contributed by atoms with Gasteiger partial charge in [-0.15, -0.1) is 0 Å². The maximum Gasteiger partial charge on any atom is 0.334 e. The number of esters is 1. The molecule has 0 spiro atoms. The molecule has 0 amide bonds. The second kappa shape index (κ2) is 12.2. The highest BCUT2D eigenvalue weighted by Gasteiger charge is 2.63. The van der Waals surface area contributed by atoms with Crippen molar-refractivity contribution in [2.45, 2.75) is 128 Å². The summed E-state index contributed by atoms with van der Waals surface area (Å²) in [4.78, 5) is 12.6. The van der Waals surface area contributed by atoms with E-state index in [9.17, 15) is 40.5 Å². The molecular formula is C34H52O11. The average Bonchev–Trinajstić information content (AvgIpc) is 3.36. The van der Waals surface area contributed by atoms with Crippen molar-refractivity contribution in [1.29, 1.82) is 0 Å². The van der Waals surface area contributed by atoms with Crippen molar-refractivity contribution in [1.82, 2.24) is 0 Å². The summed E-state index contributed by atoms with van der Waals surface area (Å²) >= 11 is 0. The van der Waals surface area contributed by atoms with Crippen LogP contribution in [-0.2, 0) is 19.0 Å². The van der Waals surface area contributed by atoms with Crippen molar-refractivity contribution in [2.75, 3.05) is 13.2 Å². The molecule has 7 N–H and O–H groups in total. The first-order valence-electron chi connectivity index (χ1n) is 16.8. The number of aliphatic hydroxyl groups excluding tert-OH is 7. The van der Waals surface area contributed by atoms with E-state index in [1.54, 1.807) is 6.92 Å². The van der Waals surface area contributed by atoms with Crippen molar-refractivity contribution in [3.8, 4) is 0 Å². The average molecular weight is 637 g/mol. The van der Waals surface area contributed by atoms with Gasteiger partial charge in [0.05, 0.1) is 31.5 Å². The number of rotatable bonds is 6. The highest BCUT2D eigenvalue weighted by atomic mass is 16.7. The third-order valence-corrected chi connectivity index (χ3v) is 13.4. The van der Waals surface area contributed by atoms with Crippen molar-refractivity contribution < 1.29 is 54.8 Å². The molecule has 2 aliphatic heterocycles. The molecular weight excluding hydrogens is 584 g/mol. The number of ether oxygens (including phenoxy) is 3. The molecule has 11 heteroatoms. The van der Waals surface area contributed by atoms with Crippen LogP contribution in [0.25, 0.3) is 0 Å². The molecule has 16 atom stereocenters. The molecule has 45 heavy (non-hydrogen) atoms. The van der Waals surface area contributed by atoms with Gasteiger partial charge >= 0.3 is 5.97 Å². The van der Waals surface area contributed by atoms with Crippen LogP contribution in [0.15, 0.2) is 22.8 Å². The number of hydrogen-bond acceptors (Lipinski definition) is 11. The van der Waals surface area contributed by atoms with Gasteiger partial charge in [0.2, 0.25) is 0 Å². The lowest BCUT2D eigenvalue weighted by molar-refractivity contribution is -0.315. The molecule has 254 valence electrons. The Morgan fingerprint density at radius 3 is 2.42 bits per heavy atom. The maximum absolute atomic E-state index is 12.6. The molecule has 0 aromatic carbocycles. The minimum Gasteiger partial charge on any atom is -0.458 e. The topological polar surface area (TPSA) is 186 Å². The Morgan fingerprint density at radius 2 is 1.73 bits per heavy atom. The standard InChI is InChI=1S/C34H52O11/c1-15-17(13-35)9-24(44-31(15)42)16(2)20-5-6-21-27-22(7-8-33(20,21)3)34(4)18(11-23(27)37)10-19(12-26(34)38)43-32-30(41)29(40)28(39)25(14-36)45-32/h11,16,19-30,32,35-41H,5-10,12-14H2,1-4H3/t16-,19+,20+,21-,22-,23+,24+,25+,26-,27-,28+,29-,30+,32+,33+,34-/m0/s1. The first-order valence-corrected chi connectivity index (χ1v) is 16.8. The van der Waals surface area contributed by atoms with Gasteiger partial charge in [0.1, 0.15) is 30.5 Å². The Morgan fingerprint density at radius 1 is 1.00 bits per heavy atom. The molecule has 0 aromatic heterocycles. The van der Waals surface area contributed by atoms with Gasteiger partial charge in [0.25, 0.3) is 0 Å². The van der Waals surface area contributed by atoms with Gasteiger partial charge in [-0.1, -0.05) is 32.4 Å².